The Morgan fingerprint density at radius 2 is 1.93 bits per heavy atom. The first-order valence-corrected chi connectivity index (χ1v) is 9.59. The van der Waals surface area contributed by atoms with Crippen molar-refractivity contribution in [2.45, 2.75) is 19.8 Å². The topological polar surface area (TPSA) is 93.0 Å². The smallest absolute Gasteiger partial charge is 0.255 e. The van der Waals surface area contributed by atoms with Gasteiger partial charge in [-0.2, -0.15) is 5.10 Å². The van der Waals surface area contributed by atoms with E-state index in [1.807, 2.05) is 25.1 Å². The highest BCUT2D eigenvalue weighted by molar-refractivity contribution is 5.95. The molecule has 1 aliphatic heterocycles. The van der Waals surface area contributed by atoms with E-state index in [0.717, 1.165) is 5.56 Å². The van der Waals surface area contributed by atoms with Gasteiger partial charge in [0.25, 0.3) is 5.91 Å². The summed E-state index contributed by atoms with van der Waals surface area (Å²) in [5.74, 6) is 0.995. The van der Waals surface area contributed by atoms with Gasteiger partial charge in [0.05, 0.1) is 5.56 Å². The summed E-state index contributed by atoms with van der Waals surface area (Å²) in [7, 11) is 0. The highest BCUT2D eigenvalue weighted by Gasteiger charge is 2.28. The Bertz CT molecular complexity index is 992. The lowest BCUT2D eigenvalue weighted by Crippen LogP contribution is -2.41. The second kappa shape index (κ2) is 8.22. The van der Waals surface area contributed by atoms with Gasteiger partial charge in [-0.1, -0.05) is 0 Å². The van der Waals surface area contributed by atoms with Crippen LogP contribution >= 0.6 is 0 Å². The quantitative estimate of drug-likeness (QED) is 0.739. The van der Waals surface area contributed by atoms with E-state index in [0.29, 0.717) is 43.1 Å². The first-order valence-electron chi connectivity index (χ1n) is 9.59. The van der Waals surface area contributed by atoms with Gasteiger partial charge >= 0.3 is 0 Å². The number of nitrogens with one attached hydrogen (secondary N) is 1. The highest BCUT2D eigenvalue weighted by atomic mass is 16.2. The van der Waals surface area contributed by atoms with E-state index in [4.69, 9.17) is 0 Å². The van der Waals surface area contributed by atoms with Crippen LogP contribution < -0.4 is 5.32 Å². The van der Waals surface area contributed by atoms with Gasteiger partial charge in [-0.25, -0.2) is 14.6 Å². The number of aromatic nitrogens is 4. The van der Waals surface area contributed by atoms with Gasteiger partial charge in [-0.3, -0.25) is 9.59 Å². The van der Waals surface area contributed by atoms with E-state index in [2.05, 4.69) is 20.4 Å². The second-order valence-corrected chi connectivity index (χ2v) is 7.13. The maximum absolute atomic E-state index is 12.8. The van der Waals surface area contributed by atoms with E-state index in [1.54, 1.807) is 46.5 Å². The largest absolute Gasteiger partial charge is 0.339 e. The van der Waals surface area contributed by atoms with Gasteiger partial charge in [0, 0.05) is 43.8 Å². The standard InChI is InChI=1S/C21H22N6O2/c1-15-5-9-22-18(13-15)25-20(28)16-6-11-26(12-7-16)21(29)17-3-4-19(23-14-17)27-10-2-8-24-27/h2-5,8-10,13-14,16H,6-7,11-12H2,1H3,(H,22,25,28). The molecule has 1 fully saturated rings. The van der Waals surface area contributed by atoms with Crippen LogP contribution in [0.2, 0.25) is 0 Å². The summed E-state index contributed by atoms with van der Waals surface area (Å²) in [6.45, 7) is 3.04. The van der Waals surface area contributed by atoms with Crippen molar-refractivity contribution in [1.82, 2.24) is 24.6 Å². The third kappa shape index (κ3) is 4.31. The number of piperidine rings is 1. The first-order chi connectivity index (χ1) is 14.1. The minimum atomic E-state index is -0.123. The molecule has 29 heavy (non-hydrogen) atoms. The molecule has 0 aromatic carbocycles. The summed E-state index contributed by atoms with van der Waals surface area (Å²) in [4.78, 5) is 35.5. The van der Waals surface area contributed by atoms with Crippen molar-refractivity contribution in [3.8, 4) is 5.82 Å². The molecule has 1 saturated heterocycles. The van der Waals surface area contributed by atoms with Crippen molar-refractivity contribution in [1.29, 1.82) is 0 Å². The molecule has 3 aromatic rings. The molecular formula is C21H22N6O2. The van der Waals surface area contributed by atoms with Gasteiger partial charge in [-0.15, -0.1) is 0 Å². The van der Waals surface area contributed by atoms with Crippen molar-refractivity contribution in [3.05, 3.63) is 66.2 Å². The van der Waals surface area contributed by atoms with E-state index in [-0.39, 0.29) is 17.7 Å². The van der Waals surface area contributed by atoms with Crippen LogP contribution in [0.25, 0.3) is 5.82 Å². The lowest BCUT2D eigenvalue weighted by atomic mass is 9.95. The van der Waals surface area contributed by atoms with Crippen molar-refractivity contribution >= 4 is 17.6 Å². The molecule has 2 amide bonds. The number of carbonyl (C=O) groups is 2. The molecular weight excluding hydrogens is 368 g/mol. The second-order valence-electron chi connectivity index (χ2n) is 7.13. The zero-order valence-corrected chi connectivity index (χ0v) is 16.2. The van der Waals surface area contributed by atoms with Crippen LogP contribution in [0, 0.1) is 12.8 Å². The van der Waals surface area contributed by atoms with Crippen molar-refractivity contribution in [3.63, 3.8) is 0 Å². The lowest BCUT2D eigenvalue weighted by Gasteiger charge is -2.31. The number of hydrogen-bond acceptors (Lipinski definition) is 5. The molecule has 0 aliphatic carbocycles. The fraction of sp³-hybridized carbons (Fsp3) is 0.286. The third-order valence-corrected chi connectivity index (χ3v) is 5.05. The number of rotatable bonds is 4. The van der Waals surface area contributed by atoms with Crippen LogP contribution in [0.3, 0.4) is 0 Å². The fourth-order valence-electron chi connectivity index (χ4n) is 3.41. The predicted octanol–water partition coefficient (Wildman–Crippen LogP) is 2.46. The normalized spacial score (nSPS) is 14.6. The van der Waals surface area contributed by atoms with Crippen LogP contribution in [-0.2, 0) is 4.79 Å². The van der Waals surface area contributed by atoms with E-state index >= 15 is 0 Å². The lowest BCUT2D eigenvalue weighted by molar-refractivity contribution is -0.121. The van der Waals surface area contributed by atoms with Crippen molar-refractivity contribution < 1.29 is 9.59 Å². The molecule has 0 saturated carbocycles. The Kier molecular flexibility index (Phi) is 5.33. The minimum Gasteiger partial charge on any atom is -0.339 e. The van der Waals surface area contributed by atoms with Crippen LogP contribution in [0.4, 0.5) is 5.82 Å². The Balaban J connectivity index is 1.33. The number of anilines is 1. The average molecular weight is 390 g/mol. The van der Waals surface area contributed by atoms with Gasteiger partial charge in [-0.05, 0) is 55.7 Å². The number of carbonyl (C=O) groups excluding carboxylic acids is 2. The molecule has 148 valence electrons. The Labute approximate surface area is 168 Å². The Hall–Kier alpha value is -3.55. The van der Waals surface area contributed by atoms with Gasteiger partial charge in [0.2, 0.25) is 5.91 Å². The number of nitrogens with zero attached hydrogens (tertiary/aromatic N) is 5. The van der Waals surface area contributed by atoms with Crippen LogP contribution in [0.1, 0.15) is 28.8 Å². The molecule has 8 heteroatoms. The average Bonchev–Trinajstić information content (AvgIpc) is 3.28. The molecule has 8 nitrogen and oxygen atoms in total. The minimum absolute atomic E-state index is 0.0413. The highest BCUT2D eigenvalue weighted by Crippen LogP contribution is 2.21. The van der Waals surface area contributed by atoms with Crippen molar-refractivity contribution in [2.24, 2.45) is 5.92 Å². The van der Waals surface area contributed by atoms with Crippen molar-refractivity contribution in [2.75, 3.05) is 18.4 Å². The first kappa shape index (κ1) is 18.8. The summed E-state index contributed by atoms with van der Waals surface area (Å²) < 4.78 is 1.64. The molecule has 1 N–H and O–H groups in total. The molecule has 0 radical (unpaired) electrons. The molecule has 0 unspecified atom stereocenters. The van der Waals surface area contributed by atoms with E-state index in [1.165, 1.54) is 0 Å². The number of hydrogen-bond donors (Lipinski definition) is 1. The SMILES string of the molecule is Cc1ccnc(NC(=O)C2CCN(C(=O)c3ccc(-n4cccn4)nc3)CC2)c1. The van der Waals surface area contributed by atoms with Crippen LogP contribution in [0.15, 0.2) is 55.1 Å². The molecule has 3 aromatic heterocycles. The van der Waals surface area contributed by atoms with E-state index < -0.39 is 0 Å². The predicted molar refractivity (Wildman–Crippen MR) is 108 cm³/mol. The maximum Gasteiger partial charge on any atom is 0.255 e. The molecule has 0 bridgehead atoms. The number of likely N-dealkylation sites (tertiary alicyclic amines) is 1. The summed E-state index contributed by atoms with van der Waals surface area (Å²) in [5, 5.41) is 7.00. The molecule has 4 heterocycles. The van der Waals surface area contributed by atoms with Gasteiger partial charge in [0.15, 0.2) is 5.82 Å². The van der Waals surface area contributed by atoms with E-state index in [9.17, 15) is 9.59 Å². The van der Waals surface area contributed by atoms with Gasteiger partial charge < -0.3 is 10.2 Å². The third-order valence-electron chi connectivity index (χ3n) is 5.05. The summed E-state index contributed by atoms with van der Waals surface area (Å²) in [6.07, 6.45) is 7.98. The fourth-order valence-corrected chi connectivity index (χ4v) is 3.41. The number of amides is 2. The zero-order chi connectivity index (χ0) is 20.2. The summed E-state index contributed by atoms with van der Waals surface area (Å²) in [5.41, 5.74) is 1.58. The number of aryl methyl sites for hydroxylation is 1. The van der Waals surface area contributed by atoms with Gasteiger partial charge in [0.1, 0.15) is 5.82 Å². The molecule has 1 aliphatic rings. The van der Waals surface area contributed by atoms with Crippen LogP contribution in [-0.4, -0.2) is 49.6 Å². The monoisotopic (exact) mass is 390 g/mol. The molecule has 0 atom stereocenters. The summed E-state index contributed by atoms with van der Waals surface area (Å²) >= 11 is 0. The number of pyridine rings is 2. The Morgan fingerprint density at radius 3 is 2.59 bits per heavy atom. The van der Waals surface area contributed by atoms with Crippen LogP contribution in [0.5, 0.6) is 0 Å². The zero-order valence-electron chi connectivity index (χ0n) is 16.2. The summed E-state index contributed by atoms with van der Waals surface area (Å²) in [6, 6.07) is 9.08. The Morgan fingerprint density at radius 1 is 1.10 bits per heavy atom. The molecule has 0 spiro atoms. The molecule has 4 rings (SSSR count). The maximum atomic E-state index is 12.8.